The Morgan fingerprint density at radius 2 is 2.32 bits per heavy atom. The fourth-order valence-electron chi connectivity index (χ4n) is 1.99. The number of thioether (sulfide) groups is 2. The molecule has 5 nitrogen and oxygen atoms in total. The number of hydrogen-bond acceptors (Lipinski definition) is 6. The van der Waals surface area contributed by atoms with Crippen molar-refractivity contribution in [2.75, 3.05) is 17.3 Å². The average Bonchev–Trinajstić information content (AvgIpc) is 2.76. The zero-order chi connectivity index (χ0) is 13.9. The van der Waals surface area contributed by atoms with Crippen molar-refractivity contribution < 1.29 is 14.4 Å². The number of carboxylic acid groups (broad SMARTS) is 1. The van der Waals surface area contributed by atoms with Crippen LogP contribution in [0.4, 0.5) is 0 Å². The minimum absolute atomic E-state index is 0.0960. The summed E-state index contributed by atoms with van der Waals surface area (Å²) in [6.45, 7) is 3.80. The summed E-state index contributed by atoms with van der Waals surface area (Å²) in [4.78, 5) is 15.2. The maximum absolute atomic E-state index is 10.8. The van der Waals surface area contributed by atoms with Crippen molar-refractivity contribution in [3.8, 4) is 0 Å². The minimum Gasteiger partial charge on any atom is -0.481 e. The van der Waals surface area contributed by atoms with Gasteiger partial charge >= 0.3 is 5.97 Å². The van der Waals surface area contributed by atoms with E-state index in [2.05, 4.69) is 10.1 Å². The van der Waals surface area contributed by atoms with Crippen LogP contribution < -0.4 is 0 Å². The number of rotatable bonds is 5. The lowest BCUT2D eigenvalue weighted by molar-refractivity contribution is -0.139. The van der Waals surface area contributed by atoms with Gasteiger partial charge in [0.15, 0.2) is 5.82 Å². The number of aromatic nitrogens is 2. The van der Waals surface area contributed by atoms with Gasteiger partial charge in [0, 0.05) is 23.7 Å². The molecule has 7 heteroatoms. The Morgan fingerprint density at radius 3 is 2.95 bits per heavy atom. The second-order valence-electron chi connectivity index (χ2n) is 5.39. The highest BCUT2D eigenvalue weighted by Crippen LogP contribution is 2.35. The van der Waals surface area contributed by atoms with E-state index in [0.717, 1.165) is 17.3 Å². The highest BCUT2D eigenvalue weighted by Gasteiger charge is 2.27. The molecule has 19 heavy (non-hydrogen) atoms. The highest BCUT2D eigenvalue weighted by atomic mass is 32.2. The first kappa shape index (κ1) is 14.7. The molecule has 0 aromatic carbocycles. The zero-order valence-corrected chi connectivity index (χ0v) is 12.7. The third-order valence-electron chi connectivity index (χ3n) is 2.85. The van der Waals surface area contributed by atoms with Crippen LogP contribution in [0, 0.1) is 5.41 Å². The molecule has 1 aromatic rings. The Bertz CT molecular complexity index is 442. The van der Waals surface area contributed by atoms with Crippen molar-refractivity contribution in [1.29, 1.82) is 0 Å². The fourth-order valence-corrected chi connectivity index (χ4v) is 4.58. The van der Waals surface area contributed by atoms with E-state index in [-0.39, 0.29) is 11.8 Å². The third-order valence-corrected chi connectivity index (χ3v) is 5.60. The van der Waals surface area contributed by atoms with Crippen LogP contribution in [0.2, 0.25) is 0 Å². The van der Waals surface area contributed by atoms with E-state index >= 15 is 0 Å². The molecular weight excluding hydrogens is 284 g/mol. The van der Waals surface area contributed by atoms with Gasteiger partial charge in [-0.15, -0.1) is 11.8 Å². The largest absolute Gasteiger partial charge is 0.481 e. The number of carbonyl (C=O) groups is 1. The number of nitrogens with zero attached hydrogens (tertiary/aromatic N) is 2. The van der Waals surface area contributed by atoms with Gasteiger partial charge < -0.3 is 9.63 Å². The lowest BCUT2D eigenvalue weighted by Gasteiger charge is -2.19. The predicted octanol–water partition coefficient (Wildman–Crippen LogP) is 2.63. The Morgan fingerprint density at radius 1 is 1.53 bits per heavy atom. The summed E-state index contributed by atoms with van der Waals surface area (Å²) in [7, 11) is 0. The first-order valence-electron chi connectivity index (χ1n) is 6.20. The standard InChI is InChI=1S/C12H18N2O3S2/c1-12(2,6-10(15)16)5-9-13-11(14-17-9)8-7-18-3-4-19-8/h8H,3-7H2,1-2H3,(H,15,16). The van der Waals surface area contributed by atoms with Crippen LogP contribution in [0.25, 0.3) is 0 Å². The molecule has 1 saturated heterocycles. The monoisotopic (exact) mass is 302 g/mol. The Labute approximate surface area is 120 Å². The van der Waals surface area contributed by atoms with E-state index in [1.54, 1.807) is 0 Å². The molecule has 1 aliphatic rings. The number of hydrogen-bond donors (Lipinski definition) is 1. The smallest absolute Gasteiger partial charge is 0.303 e. The molecule has 0 aliphatic carbocycles. The predicted molar refractivity (Wildman–Crippen MR) is 76.6 cm³/mol. The van der Waals surface area contributed by atoms with Crippen LogP contribution in [0.3, 0.4) is 0 Å². The summed E-state index contributed by atoms with van der Waals surface area (Å²) in [5, 5.41) is 13.2. The van der Waals surface area contributed by atoms with Gasteiger partial charge in [0.05, 0.1) is 11.7 Å². The summed E-state index contributed by atoms with van der Waals surface area (Å²) >= 11 is 3.77. The SMILES string of the molecule is CC(C)(CC(=O)O)Cc1nc(C2CSCCS2)no1. The molecular formula is C12H18N2O3S2. The van der Waals surface area contributed by atoms with Crippen LogP contribution in [0.1, 0.15) is 37.2 Å². The second-order valence-corrected chi connectivity index (χ2v) is 7.85. The van der Waals surface area contributed by atoms with E-state index in [9.17, 15) is 4.79 Å². The van der Waals surface area contributed by atoms with Crippen molar-refractivity contribution in [2.45, 2.75) is 31.9 Å². The van der Waals surface area contributed by atoms with Crippen LogP contribution in [-0.2, 0) is 11.2 Å². The second kappa shape index (κ2) is 6.17. The van der Waals surface area contributed by atoms with Crippen molar-refractivity contribution in [1.82, 2.24) is 10.1 Å². The zero-order valence-electron chi connectivity index (χ0n) is 11.1. The summed E-state index contributed by atoms with van der Waals surface area (Å²) in [5.41, 5.74) is -0.371. The molecule has 1 unspecified atom stereocenters. The maximum atomic E-state index is 10.8. The first-order chi connectivity index (χ1) is 8.96. The maximum Gasteiger partial charge on any atom is 0.303 e. The molecule has 0 amide bonds. The van der Waals surface area contributed by atoms with E-state index in [4.69, 9.17) is 9.63 Å². The Kier molecular flexibility index (Phi) is 4.78. The number of carboxylic acids is 1. The van der Waals surface area contributed by atoms with Crippen LogP contribution in [-0.4, -0.2) is 38.5 Å². The van der Waals surface area contributed by atoms with Crippen LogP contribution in [0.5, 0.6) is 0 Å². The quantitative estimate of drug-likeness (QED) is 0.896. The van der Waals surface area contributed by atoms with E-state index in [0.29, 0.717) is 17.6 Å². The highest BCUT2D eigenvalue weighted by molar-refractivity contribution is 8.06. The number of aliphatic carboxylic acids is 1. The lowest BCUT2D eigenvalue weighted by atomic mass is 9.86. The molecule has 106 valence electrons. The van der Waals surface area contributed by atoms with Gasteiger partial charge in [-0.2, -0.15) is 16.7 Å². The van der Waals surface area contributed by atoms with Crippen LogP contribution in [0.15, 0.2) is 4.52 Å². The van der Waals surface area contributed by atoms with E-state index in [1.165, 1.54) is 5.75 Å². The summed E-state index contributed by atoms with van der Waals surface area (Å²) < 4.78 is 5.26. The van der Waals surface area contributed by atoms with Crippen molar-refractivity contribution in [3.05, 3.63) is 11.7 Å². The van der Waals surface area contributed by atoms with Crippen molar-refractivity contribution in [3.63, 3.8) is 0 Å². The topological polar surface area (TPSA) is 76.2 Å². The minimum atomic E-state index is -0.802. The molecule has 0 saturated carbocycles. The molecule has 2 rings (SSSR count). The normalized spacial score (nSPS) is 20.4. The first-order valence-corrected chi connectivity index (χ1v) is 8.40. The van der Waals surface area contributed by atoms with Gasteiger partial charge in [-0.25, -0.2) is 0 Å². The van der Waals surface area contributed by atoms with Gasteiger partial charge in [-0.1, -0.05) is 19.0 Å². The van der Waals surface area contributed by atoms with Gasteiger partial charge in [0.1, 0.15) is 0 Å². The molecule has 1 N–H and O–H groups in total. The van der Waals surface area contributed by atoms with Gasteiger partial charge in [-0.05, 0) is 5.41 Å². The van der Waals surface area contributed by atoms with Crippen molar-refractivity contribution >= 4 is 29.5 Å². The van der Waals surface area contributed by atoms with Crippen molar-refractivity contribution in [2.24, 2.45) is 5.41 Å². The molecule has 0 spiro atoms. The molecule has 2 heterocycles. The molecule has 0 bridgehead atoms. The Hall–Kier alpha value is -0.690. The lowest BCUT2D eigenvalue weighted by Crippen LogP contribution is -2.20. The summed E-state index contributed by atoms with van der Waals surface area (Å²) in [5.74, 6) is 3.79. The molecule has 0 radical (unpaired) electrons. The summed E-state index contributed by atoms with van der Waals surface area (Å²) in [6, 6.07) is 0. The fraction of sp³-hybridized carbons (Fsp3) is 0.750. The van der Waals surface area contributed by atoms with Crippen LogP contribution >= 0.6 is 23.5 Å². The molecule has 1 aliphatic heterocycles. The molecule has 1 aromatic heterocycles. The summed E-state index contributed by atoms with van der Waals surface area (Å²) in [6.07, 6.45) is 0.593. The van der Waals surface area contributed by atoms with Gasteiger partial charge in [-0.3, -0.25) is 4.79 Å². The molecule has 1 atom stereocenters. The third kappa shape index (κ3) is 4.42. The van der Waals surface area contributed by atoms with E-state index < -0.39 is 5.97 Å². The molecule has 1 fully saturated rings. The van der Waals surface area contributed by atoms with E-state index in [1.807, 2.05) is 37.4 Å². The Balaban J connectivity index is 1.98. The van der Waals surface area contributed by atoms with Gasteiger partial charge in [0.2, 0.25) is 5.89 Å². The van der Waals surface area contributed by atoms with Gasteiger partial charge in [0.25, 0.3) is 0 Å². The average molecular weight is 302 g/mol.